The van der Waals surface area contributed by atoms with Crippen molar-refractivity contribution in [2.24, 2.45) is 0 Å². The highest BCUT2D eigenvalue weighted by Gasteiger charge is 2.58. The standard InChI is InChI=1S/C24H20F3NO4/c1-22(2)13-23(17-9-7-14(29)11-19(17)32-22)16-5-3-4-6-18(16)28(21(23)30)12-15-8-10-20(31-15)24(25,26)27/h3-11,29H,12-13H2,1-2H3. The maximum Gasteiger partial charge on any atom is 0.449 e. The minimum atomic E-state index is -4.60. The summed E-state index contributed by atoms with van der Waals surface area (Å²) < 4.78 is 50.0. The number of para-hydroxylation sites is 1. The zero-order chi connectivity index (χ0) is 22.9. The van der Waals surface area contributed by atoms with Crippen LogP contribution >= 0.6 is 0 Å². The SMILES string of the molecule is CC1(C)CC2(C(=O)N(Cc3ccc(C(F)(F)F)o3)c3ccccc32)c2ccc(O)cc2O1. The van der Waals surface area contributed by atoms with E-state index in [1.54, 1.807) is 18.2 Å². The predicted molar refractivity (Wildman–Crippen MR) is 110 cm³/mol. The molecule has 0 fully saturated rings. The van der Waals surface area contributed by atoms with Crippen LogP contribution in [0.2, 0.25) is 0 Å². The van der Waals surface area contributed by atoms with Gasteiger partial charge in [0.1, 0.15) is 28.3 Å². The van der Waals surface area contributed by atoms with Crippen molar-refractivity contribution in [2.75, 3.05) is 4.90 Å². The van der Waals surface area contributed by atoms with Gasteiger partial charge in [0.2, 0.25) is 11.7 Å². The molecule has 1 amide bonds. The van der Waals surface area contributed by atoms with Crippen LogP contribution in [-0.2, 0) is 22.9 Å². The van der Waals surface area contributed by atoms with Gasteiger partial charge in [0.25, 0.3) is 0 Å². The number of nitrogens with zero attached hydrogens (tertiary/aromatic N) is 1. The Bertz CT molecular complexity index is 1230. The molecule has 166 valence electrons. The van der Waals surface area contributed by atoms with Gasteiger partial charge in [-0.1, -0.05) is 24.3 Å². The summed E-state index contributed by atoms with van der Waals surface area (Å²) in [6, 6.07) is 14.0. The summed E-state index contributed by atoms with van der Waals surface area (Å²) in [5.41, 5.74) is 0.147. The topological polar surface area (TPSA) is 62.9 Å². The van der Waals surface area contributed by atoms with Gasteiger partial charge >= 0.3 is 6.18 Å². The van der Waals surface area contributed by atoms with Gasteiger partial charge in [0, 0.05) is 23.7 Å². The lowest BCUT2D eigenvalue weighted by atomic mass is 9.67. The van der Waals surface area contributed by atoms with E-state index >= 15 is 0 Å². The fraction of sp³-hybridized carbons (Fsp3) is 0.292. The first kappa shape index (κ1) is 20.5. The molecule has 0 aliphatic carbocycles. The average Bonchev–Trinajstić information content (AvgIpc) is 3.26. The summed E-state index contributed by atoms with van der Waals surface area (Å²) >= 11 is 0. The van der Waals surface area contributed by atoms with E-state index in [-0.39, 0.29) is 24.0 Å². The van der Waals surface area contributed by atoms with Crippen LogP contribution in [-0.4, -0.2) is 16.6 Å². The molecule has 2 aliphatic heterocycles. The quantitative estimate of drug-likeness (QED) is 0.576. The number of phenols is 1. The molecule has 2 aliphatic rings. The second-order valence-electron chi connectivity index (χ2n) is 8.80. The second-order valence-corrected chi connectivity index (χ2v) is 8.80. The smallest absolute Gasteiger partial charge is 0.449 e. The highest BCUT2D eigenvalue weighted by atomic mass is 19.4. The van der Waals surface area contributed by atoms with Gasteiger partial charge in [-0.25, -0.2) is 0 Å². The van der Waals surface area contributed by atoms with E-state index in [1.165, 1.54) is 23.1 Å². The van der Waals surface area contributed by atoms with Gasteiger partial charge in [-0.3, -0.25) is 4.79 Å². The number of aromatic hydroxyl groups is 1. The molecule has 1 aromatic heterocycles. The number of carbonyl (C=O) groups excluding carboxylic acids is 1. The summed E-state index contributed by atoms with van der Waals surface area (Å²) in [6.45, 7) is 3.59. The molecule has 3 heterocycles. The summed E-state index contributed by atoms with van der Waals surface area (Å²) in [4.78, 5) is 15.5. The molecule has 5 rings (SSSR count). The lowest BCUT2D eigenvalue weighted by Crippen LogP contribution is -2.50. The maximum atomic E-state index is 14.0. The number of hydrogen-bond donors (Lipinski definition) is 1. The van der Waals surface area contributed by atoms with Crippen molar-refractivity contribution >= 4 is 11.6 Å². The fourth-order valence-corrected chi connectivity index (χ4v) is 4.90. The number of carbonyl (C=O) groups is 1. The lowest BCUT2D eigenvalue weighted by molar-refractivity contribution is -0.153. The normalized spacial score (nSPS) is 21.4. The number of halogens is 3. The van der Waals surface area contributed by atoms with Crippen molar-refractivity contribution < 1.29 is 32.2 Å². The van der Waals surface area contributed by atoms with Gasteiger partial charge < -0.3 is 19.2 Å². The van der Waals surface area contributed by atoms with Crippen molar-refractivity contribution in [3.05, 3.63) is 77.2 Å². The average molecular weight is 443 g/mol. The van der Waals surface area contributed by atoms with Crippen LogP contribution in [0.3, 0.4) is 0 Å². The van der Waals surface area contributed by atoms with Crippen LogP contribution in [0.4, 0.5) is 18.9 Å². The summed E-state index contributed by atoms with van der Waals surface area (Å²) in [6.07, 6.45) is -4.27. The van der Waals surface area contributed by atoms with Gasteiger partial charge in [-0.15, -0.1) is 0 Å². The van der Waals surface area contributed by atoms with Crippen molar-refractivity contribution in [1.82, 2.24) is 0 Å². The van der Waals surface area contributed by atoms with E-state index < -0.39 is 23.0 Å². The summed E-state index contributed by atoms with van der Waals surface area (Å²) in [7, 11) is 0. The summed E-state index contributed by atoms with van der Waals surface area (Å²) in [5.74, 6) is -0.914. The zero-order valence-corrected chi connectivity index (χ0v) is 17.4. The number of phenolic OH excluding ortho intramolecular Hbond substituents is 1. The Labute approximate surface area is 182 Å². The third-order valence-electron chi connectivity index (χ3n) is 6.02. The van der Waals surface area contributed by atoms with Crippen LogP contribution in [0.15, 0.2) is 59.0 Å². The lowest BCUT2D eigenvalue weighted by Gasteiger charge is -2.43. The first-order chi connectivity index (χ1) is 15.0. The molecule has 0 saturated heterocycles. The van der Waals surface area contributed by atoms with Gasteiger partial charge in [-0.2, -0.15) is 13.2 Å². The van der Waals surface area contributed by atoms with E-state index in [2.05, 4.69) is 0 Å². The Morgan fingerprint density at radius 2 is 1.81 bits per heavy atom. The summed E-state index contributed by atoms with van der Waals surface area (Å²) in [5, 5.41) is 9.99. The Morgan fingerprint density at radius 3 is 2.53 bits per heavy atom. The molecule has 1 spiro atoms. The highest BCUT2D eigenvalue weighted by molar-refractivity contribution is 6.11. The zero-order valence-electron chi connectivity index (χ0n) is 17.4. The molecule has 0 saturated carbocycles. The van der Waals surface area contributed by atoms with E-state index in [0.717, 1.165) is 11.6 Å². The van der Waals surface area contributed by atoms with E-state index in [9.17, 15) is 23.1 Å². The molecule has 5 nitrogen and oxygen atoms in total. The van der Waals surface area contributed by atoms with Crippen molar-refractivity contribution in [1.29, 1.82) is 0 Å². The van der Waals surface area contributed by atoms with Gasteiger partial charge in [0.05, 0.1) is 6.54 Å². The third kappa shape index (κ3) is 2.97. The predicted octanol–water partition coefficient (Wildman–Crippen LogP) is 5.40. The molecular weight excluding hydrogens is 423 g/mol. The van der Waals surface area contributed by atoms with Crippen molar-refractivity contribution in [2.45, 2.75) is 44.0 Å². The molecule has 2 aromatic carbocycles. The molecular formula is C24H20F3NO4. The number of benzene rings is 2. The Morgan fingerprint density at radius 1 is 1.06 bits per heavy atom. The van der Waals surface area contributed by atoms with Crippen LogP contribution in [0.5, 0.6) is 11.5 Å². The van der Waals surface area contributed by atoms with Crippen LogP contribution in [0.1, 0.15) is 42.9 Å². The number of anilines is 1. The van der Waals surface area contributed by atoms with Crippen molar-refractivity contribution in [3.8, 4) is 11.5 Å². The van der Waals surface area contributed by atoms with Crippen molar-refractivity contribution in [3.63, 3.8) is 0 Å². The van der Waals surface area contributed by atoms with Gasteiger partial charge in [0.15, 0.2) is 0 Å². The Balaban J connectivity index is 1.65. The molecule has 1 N–H and O–H groups in total. The largest absolute Gasteiger partial charge is 0.508 e. The number of fused-ring (bicyclic) bond motifs is 4. The Kier molecular flexibility index (Phi) is 4.19. The van der Waals surface area contributed by atoms with E-state index in [0.29, 0.717) is 23.4 Å². The number of furan rings is 1. The fourth-order valence-electron chi connectivity index (χ4n) is 4.90. The number of hydrogen-bond acceptors (Lipinski definition) is 4. The number of rotatable bonds is 2. The molecule has 8 heteroatoms. The monoisotopic (exact) mass is 443 g/mol. The first-order valence-electron chi connectivity index (χ1n) is 10.1. The molecule has 0 bridgehead atoms. The molecule has 0 radical (unpaired) electrons. The van der Waals surface area contributed by atoms with Crippen LogP contribution in [0, 0.1) is 0 Å². The van der Waals surface area contributed by atoms with Crippen LogP contribution in [0.25, 0.3) is 0 Å². The minimum Gasteiger partial charge on any atom is -0.508 e. The number of alkyl halides is 3. The Hall–Kier alpha value is -3.42. The third-order valence-corrected chi connectivity index (χ3v) is 6.02. The molecule has 1 atom stereocenters. The molecule has 3 aromatic rings. The van der Waals surface area contributed by atoms with Gasteiger partial charge in [-0.05, 0) is 43.7 Å². The number of ether oxygens (including phenoxy) is 1. The minimum absolute atomic E-state index is 0.0162. The number of amides is 1. The van der Waals surface area contributed by atoms with Crippen LogP contribution < -0.4 is 9.64 Å². The molecule has 32 heavy (non-hydrogen) atoms. The van der Waals surface area contributed by atoms with E-state index in [1.807, 2.05) is 26.0 Å². The molecule has 1 unspecified atom stereocenters. The highest BCUT2D eigenvalue weighted by Crippen LogP contribution is 2.56. The first-order valence-corrected chi connectivity index (χ1v) is 10.1. The maximum absolute atomic E-state index is 14.0. The second kappa shape index (κ2) is 6.54. The van der Waals surface area contributed by atoms with E-state index in [4.69, 9.17) is 9.15 Å².